The Bertz CT molecular complexity index is 309. The molecule has 0 heterocycles. The Balaban J connectivity index is 2.71. The summed E-state index contributed by atoms with van der Waals surface area (Å²) in [5.74, 6) is 0.170. The zero-order valence-electron chi connectivity index (χ0n) is 13.4. The molecule has 3 heteroatoms. The van der Waals surface area contributed by atoms with Crippen molar-refractivity contribution in [3.8, 4) is 0 Å². The summed E-state index contributed by atoms with van der Waals surface area (Å²) in [5, 5.41) is 3.26. The van der Waals surface area contributed by atoms with E-state index in [4.69, 9.17) is 5.73 Å². The first-order valence-electron chi connectivity index (χ1n) is 7.63. The van der Waals surface area contributed by atoms with Crippen LogP contribution in [0.2, 0.25) is 0 Å². The minimum absolute atomic E-state index is 0.170. The van der Waals surface area contributed by atoms with Gasteiger partial charge in [0.1, 0.15) is 0 Å². The van der Waals surface area contributed by atoms with Gasteiger partial charge in [0.25, 0.3) is 0 Å². The van der Waals surface area contributed by atoms with Crippen molar-refractivity contribution in [3.05, 3.63) is 0 Å². The largest absolute Gasteiger partial charge is 0.351 e. The minimum Gasteiger partial charge on any atom is -0.351 e. The van der Waals surface area contributed by atoms with Crippen LogP contribution in [0.1, 0.15) is 73.1 Å². The highest BCUT2D eigenvalue weighted by molar-refractivity contribution is 5.83. The molecule has 1 aliphatic rings. The molecular formula is C16H32N2O. The maximum absolute atomic E-state index is 12.7. The monoisotopic (exact) mass is 268 g/mol. The molecule has 0 unspecified atom stereocenters. The summed E-state index contributed by atoms with van der Waals surface area (Å²) in [5.41, 5.74) is 5.65. The molecule has 3 nitrogen and oxygen atoms in total. The fourth-order valence-corrected chi connectivity index (χ4v) is 3.56. The fraction of sp³-hybridized carbons (Fsp3) is 0.938. The van der Waals surface area contributed by atoms with E-state index in [0.29, 0.717) is 6.54 Å². The molecule has 1 rings (SSSR count). The molecule has 0 radical (unpaired) electrons. The van der Waals surface area contributed by atoms with Crippen LogP contribution < -0.4 is 11.1 Å². The molecule has 0 spiro atoms. The van der Waals surface area contributed by atoms with Crippen molar-refractivity contribution in [1.29, 1.82) is 0 Å². The predicted octanol–water partition coefficient (Wildman–Crippen LogP) is 3.23. The molecule has 1 fully saturated rings. The SMILES string of the molecule is CC(C)(C)CC(C)(C)NC(=O)C1(CN)CCCCC1. The van der Waals surface area contributed by atoms with Gasteiger partial charge in [-0.05, 0) is 38.5 Å². The van der Waals surface area contributed by atoms with Crippen molar-refractivity contribution in [2.45, 2.75) is 78.7 Å². The molecule has 3 N–H and O–H groups in total. The van der Waals surface area contributed by atoms with Gasteiger partial charge in [-0.1, -0.05) is 40.0 Å². The van der Waals surface area contributed by atoms with Gasteiger partial charge in [-0.3, -0.25) is 4.79 Å². The van der Waals surface area contributed by atoms with E-state index in [9.17, 15) is 4.79 Å². The van der Waals surface area contributed by atoms with Gasteiger partial charge in [-0.2, -0.15) is 0 Å². The molecule has 0 atom stereocenters. The Morgan fingerprint density at radius 1 is 1.11 bits per heavy atom. The lowest BCUT2D eigenvalue weighted by atomic mass is 9.72. The average molecular weight is 268 g/mol. The van der Waals surface area contributed by atoms with Crippen molar-refractivity contribution < 1.29 is 4.79 Å². The molecule has 1 aliphatic carbocycles. The zero-order valence-corrected chi connectivity index (χ0v) is 13.4. The van der Waals surface area contributed by atoms with Crippen molar-refractivity contribution >= 4 is 5.91 Å². The Morgan fingerprint density at radius 3 is 2.05 bits per heavy atom. The Morgan fingerprint density at radius 2 is 1.63 bits per heavy atom. The molecule has 0 bridgehead atoms. The first kappa shape index (κ1) is 16.5. The number of rotatable bonds is 4. The number of carbonyl (C=O) groups is 1. The molecule has 0 aromatic rings. The van der Waals surface area contributed by atoms with E-state index >= 15 is 0 Å². The lowest BCUT2D eigenvalue weighted by Gasteiger charge is -2.40. The van der Waals surface area contributed by atoms with Gasteiger partial charge in [-0.25, -0.2) is 0 Å². The summed E-state index contributed by atoms with van der Waals surface area (Å²) >= 11 is 0. The van der Waals surface area contributed by atoms with Crippen molar-refractivity contribution in [1.82, 2.24) is 5.32 Å². The third-order valence-corrected chi connectivity index (χ3v) is 4.11. The first-order valence-corrected chi connectivity index (χ1v) is 7.63. The molecule has 1 amide bonds. The highest BCUT2D eigenvalue weighted by Gasteiger charge is 2.40. The normalized spacial score (nSPS) is 20.1. The molecule has 0 aliphatic heterocycles. The van der Waals surface area contributed by atoms with Crippen molar-refractivity contribution in [3.63, 3.8) is 0 Å². The van der Waals surface area contributed by atoms with Gasteiger partial charge in [0.15, 0.2) is 0 Å². The third-order valence-electron chi connectivity index (χ3n) is 4.11. The first-order chi connectivity index (χ1) is 8.60. The molecule has 112 valence electrons. The van der Waals surface area contributed by atoms with E-state index in [2.05, 4.69) is 39.9 Å². The molecule has 0 aromatic carbocycles. The van der Waals surface area contributed by atoms with E-state index in [-0.39, 0.29) is 22.3 Å². The van der Waals surface area contributed by atoms with Gasteiger partial charge < -0.3 is 11.1 Å². The zero-order chi connectivity index (χ0) is 14.7. The summed E-state index contributed by atoms with van der Waals surface area (Å²) in [6.45, 7) is 11.3. The van der Waals surface area contributed by atoms with Crippen LogP contribution in [0.5, 0.6) is 0 Å². The summed E-state index contributed by atoms with van der Waals surface area (Å²) < 4.78 is 0. The van der Waals surface area contributed by atoms with Crippen LogP contribution in [-0.2, 0) is 4.79 Å². The number of nitrogens with two attached hydrogens (primary N) is 1. The summed E-state index contributed by atoms with van der Waals surface area (Å²) in [6, 6.07) is 0. The highest BCUT2D eigenvalue weighted by Crippen LogP contribution is 2.36. The Kier molecular flexibility index (Phi) is 5.05. The van der Waals surface area contributed by atoms with Gasteiger partial charge in [0, 0.05) is 12.1 Å². The lowest BCUT2D eigenvalue weighted by molar-refractivity contribution is -0.134. The summed E-state index contributed by atoms with van der Waals surface area (Å²) in [4.78, 5) is 12.7. The Labute approximate surface area is 118 Å². The quantitative estimate of drug-likeness (QED) is 0.822. The average Bonchev–Trinajstić information content (AvgIpc) is 2.25. The summed E-state index contributed by atoms with van der Waals surface area (Å²) in [7, 11) is 0. The standard InChI is InChI=1S/C16H32N2O/c1-14(2,3)11-15(4,5)18-13(19)16(12-17)9-7-6-8-10-16/h6-12,17H2,1-5H3,(H,18,19). The van der Waals surface area contributed by atoms with Crippen molar-refractivity contribution in [2.24, 2.45) is 16.6 Å². The van der Waals surface area contributed by atoms with Crippen LogP contribution in [0, 0.1) is 10.8 Å². The van der Waals surface area contributed by atoms with Gasteiger partial charge >= 0.3 is 0 Å². The molecular weight excluding hydrogens is 236 g/mol. The summed E-state index contributed by atoms with van der Waals surface area (Å²) in [6.07, 6.45) is 6.35. The molecule has 0 aromatic heterocycles. The van der Waals surface area contributed by atoms with E-state index in [1.54, 1.807) is 0 Å². The van der Waals surface area contributed by atoms with Crippen LogP contribution >= 0.6 is 0 Å². The van der Waals surface area contributed by atoms with Crippen LogP contribution in [-0.4, -0.2) is 18.0 Å². The topological polar surface area (TPSA) is 55.1 Å². The molecule has 19 heavy (non-hydrogen) atoms. The second-order valence-electron chi connectivity index (χ2n) is 8.12. The maximum Gasteiger partial charge on any atom is 0.227 e. The predicted molar refractivity (Wildman–Crippen MR) is 80.9 cm³/mol. The van der Waals surface area contributed by atoms with Crippen molar-refractivity contribution in [2.75, 3.05) is 6.54 Å². The van der Waals surface area contributed by atoms with Crippen LogP contribution in [0.4, 0.5) is 0 Å². The maximum atomic E-state index is 12.7. The number of amides is 1. The highest BCUT2D eigenvalue weighted by atomic mass is 16.2. The number of hydrogen-bond acceptors (Lipinski definition) is 2. The second-order valence-corrected chi connectivity index (χ2v) is 8.12. The number of carbonyl (C=O) groups excluding carboxylic acids is 1. The lowest BCUT2D eigenvalue weighted by Crippen LogP contribution is -2.54. The van der Waals surface area contributed by atoms with E-state index < -0.39 is 0 Å². The third kappa shape index (κ3) is 4.79. The number of hydrogen-bond donors (Lipinski definition) is 2. The van der Waals surface area contributed by atoms with E-state index in [1.807, 2.05) is 0 Å². The van der Waals surface area contributed by atoms with Gasteiger partial charge in [-0.15, -0.1) is 0 Å². The van der Waals surface area contributed by atoms with Crippen LogP contribution in [0.3, 0.4) is 0 Å². The molecule has 1 saturated carbocycles. The van der Waals surface area contributed by atoms with Crippen LogP contribution in [0.15, 0.2) is 0 Å². The van der Waals surface area contributed by atoms with Gasteiger partial charge in [0.2, 0.25) is 5.91 Å². The van der Waals surface area contributed by atoms with E-state index in [0.717, 1.165) is 32.1 Å². The van der Waals surface area contributed by atoms with E-state index in [1.165, 1.54) is 6.42 Å². The van der Waals surface area contributed by atoms with Crippen LogP contribution in [0.25, 0.3) is 0 Å². The Hall–Kier alpha value is -0.570. The minimum atomic E-state index is -0.312. The number of nitrogens with one attached hydrogen (secondary N) is 1. The smallest absolute Gasteiger partial charge is 0.227 e. The second kappa shape index (κ2) is 5.82. The molecule has 0 saturated heterocycles. The fourth-order valence-electron chi connectivity index (χ4n) is 3.56. The van der Waals surface area contributed by atoms with Gasteiger partial charge in [0.05, 0.1) is 5.41 Å².